The number of anilines is 6. The maximum absolute atomic E-state index is 2.60. The second-order valence-electron chi connectivity index (χ2n) is 20.1. The minimum atomic E-state index is -0.412. The lowest BCUT2D eigenvalue weighted by Gasteiger charge is -2.53. The second-order valence-corrected chi connectivity index (χ2v) is 20.1. The number of hydrogen-bond donors (Lipinski definition) is 0. The van der Waals surface area contributed by atoms with Crippen molar-refractivity contribution in [3.8, 4) is 11.1 Å². The third kappa shape index (κ3) is 6.13. The third-order valence-corrected chi connectivity index (χ3v) is 14.0. The zero-order valence-corrected chi connectivity index (χ0v) is 38.6. The van der Waals surface area contributed by atoms with Gasteiger partial charge in [0.15, 0.2) is 0 Å². The average molecular weight is 819 g/mol. The molecule has 0 bridgehead atoms. The van der Waals surface area contributed by atoms with E-state index in [9.17, 15) is 0 Å². The first-order valence-electron chi connectivity index (χ1n) is 22.6. The van der Waals surface area contributed by atoms with E-state index in [0.29, 0.717) is 0 Å². The maximum Gasteiger partial charge on any atom is 0.0543 e. The minimum Gasteiger partial charge on any atom is -0.310 e. The molecule has 0 heterocycles. The summed E-state index contributed by atoms with van der Waals surface area (Å²) in [5.74, 6) is 0. The van der Waals surface area contributed by atoms with Crippen LogP contribution in [0.4, 0.5) is 34.1 Å². The molecule has 0 saturated heterocycles. The molecule has 63 heavy (non-hydrogen) atoms. The van der Waals surface area contributed by atoms with E-state index < -0.39 is 5.41 Å². The first-order valence-corrected chi connectivity index (χ1v) is 22.6. The topological polar surface area (TPSA) is 6.48 Å². The van der Waals surface area contributed by atoms with Crippen LogP contribution in [-0.2, 0) is 5.41 Å². The Labute approximate surface area is 374 Å². The van der Waals surface area contributed by atoms with Crippen molar-refractivity contribution >= 4 is 66.4 Å². The van der Waals surface area contributed by atoms with Gasteiger partial charge in [-0.25, -0.2) is 0 Å². The Hall–Kier alpha value is -6.64. The number of benzene rings is 9. The molecule has 0 radical (unpaired) electrons. The summed E-state index contributed by atoms with van der Waals surface area (Å²) in [6.45, 7) is 23.8. The number of rotatable bonds is 6. The molecule has 0 aromatic heterocycles. The summed E-state index contributed by atoms with van der Waals surface area (Å²) in [5.41, 5.74) is 16.8. The molecule has 1 aliphatic rings. The highest BCUT2D eigenvalue weighted by Gasteiger charge is 2.59. The van der Waals surface area contributed by atoms with Gasteiger partial charge in [-0.15, -0.1) is 0 Å². The zero-order valence-electron chi connectivity index (χ0n) is 38.6. The lowest BCUT2D eigenvalue weighted by molar-refractivity contribution is 0.0965. The van der Waals surface area contributed by atoms with E-state index in [-0.39, 0.29) is 10.8 Å². The van der Waals surface area contributed by atoms with Gasteiger partial charge in [-0.3, -0.25) is 0 Å². The number of para-hydroxylation sites is 2. The second kappa shape index (κ2) is 14.7. The van der Waals surface area contributed by atoms with Crippen molar-refractivity contribution < 1.29 is 0 Å². The van der Waals surface area contributed by atoms with Crippen LogP contribution in [-0.4, -0.2) is 0 Å². The van der Waals surface area contributed by atoms with E-state index in [0.717, 1.165) is 17.1 Å². The Morgan fingerprint density at radius 3 is 1.37 bits per heavy atom. The van der Waals surface area contributed by atoms with Crippen molar-refractivity contribution in [2.75, 3.05) is 9.80 Å². The summed E-state index contributed by atoms with van der Waals surface area (Å²) in [6, 6.07) is 63.8. The quantitative estimate of drug-likeness (QED) is 0.154. The number of aryl methyl sites for hydroxylation is 4. The molecule has 1 aliphatic carbocycles. The van der Waals surface area contributed by atoms with Crippen LogP contribution in [0.3, 0.4) is 0 Å². The molecule has 2 heteroatoms. The number of hydrogen-bond acceptors (Lipinski definition) is 2. The molecule has 0 N–H and O–H groups in total. The molecule has 0 saturated carbocycles. The maximum atomic E-state index is 2.60. The van der Waals surface area contributed by atoms with Gasteiger partial charge in [0.2, 0.25) is 0 Å². The lowest BCUT2D eigenvalue weighted by Crippen LogP contribution is -2.50. The molecule has 0 aliphatic heterocycles. The molecule has 0 unspecified atom stereocenters. The molecule has 10 rings (SSSR count). The van der Waals surface area contributed by atoms with Crippen molar-refractivity contribution in [3.63, 3.8) is 0 Å². The molecule has 312 valence electrons. The van der Waals surface area contributed by atoms with Crippen LogP contribution in [0.5, 0.6) is 0 Å². The average Bonchev–Trinajstić information content (AvgIpc) is 3.60. The van der Waals surface area contributed by atoms with Gasteiger partial charge >= 0.3 is 0 Å². The summed E-state index contributed by atoms with van der Waals surface area (Å²) < 4.78 is 0. The van der Waals surface area contributed by atoms with Crippen molar-refractivity contribution in [3.05, 3.63) is 203 Å². The predicted molar refractivity (Wildman–Crippen MR) is 272 cm³/mol. The van der Waals surface area contributed by atoms with E-state index >= 15 is 0 Å². The highest BCUT2D eigenvalue weighted by atomic mass is 15.2. The normalized spacial score (nSPS) is 13.4. The van der Waals surface area contributed by atoms with Crippen LogP contribution in [0, 0.1) is 38.5 Å². The summed E-state index contributed by atoms with van der Waals surface area (Å²) >= 11 is 0. The molecule has 9 aromatic carbocycles. The van der Waals surface area contributed by atoms with Gasteiger partial charge in [0.25, 0.3) is 0 Å². The molecule has 9 aromatic rings. The standard InChI is InChI=1S/C61H58N2/c1-39-29-33-53(41(3)35-39)62(43-21-13-11-14-22-43)45-31-32-50-51(37-45)46-25-17-19-27-48(46)57-56-49-28-20-18-26-47(49)55(38-52(56)61(58(50)57,59(5,6)7)60(8,9)10)63(44-23-15-12-16-24-44)54-34-30-40(2)36-42(54)4/h11-38H,1-10H3. The minimum absolute atomic E-state index is 0.203. The molecule has 0 atom stereocenters. The summed E-state index contributed by atoms with van der Waals surface area (Å²) in [6.07, 6.45) is 0. The number of fused-ring (bicyclic) bond motifs is 10. The van der Waals surface area contributed by atoms with Crippen LogP contribution in [0.25, 0.3) is 43.4 Å². The van der Waals surface area contributed by atoms with Crippen molar-refractivity contribution in [1.82, 2.24) is 0 Å². The van der Waals surface area contributed by atoms with E-state index in [1.807, 2.05) is 0 Å². The third-order valence-electron chi connectivity index (χ3n) is 14.0. The highest BCUT2D eigenvalue weighted by molar-refractivity contribution is 6.23. The first kappa shape index (κ1) is 40.4. The smallest absolute Gasteiger partial charge is 0.0543 e. The number of nitrogens with zero attached hydrogens (tertiary/aromatic N) is 2. The van der Waals surface area contributed by atoms with Gasteiger partial charge in [0, 0.05) is 39.2 Å². The Morgan fingerprint density at radius 1 is 0.349 bits per heavy atom. The summed E-state index contributed by atoms with van der Waals surface area (Å²) in [5, 5.41) is 7.72. The fourth-order valence-electron chi connectivity index (χ4n) is 12.0. The summed E-state index contributed by atoms with van der Waals surface area (Å²) in [7, 11) is 0. The Kier molecular flexibility index (Phi) is 9.46. The molecule has 0 spiro atoms. The Balaban J connectivity index is 1.35. The van der Waals surface area contributed by atoms with E-state index in [2.05, 4.69) is 249 Å². The first-order chi connectivity index (χ1) is 30.2. The molecule has 0 fully saturated rings. The van der Waals surface area contributed by atoms with Crippen LogP contribution in [0.1, 0.15) is 74.9 Å². The van der Waals surface area contributed by atoms with Gasteiger partial charge in [-0.1, -0.05) is 168 Å². The van der Waals surface area contributed by atoms with Crippen molar-refractivity contribution in [1.29, 1.82) is 0 Å². The Morgan fingerprint density at radius 2 is 0.825 bits per heavy atom. The largest absolute Gasteiger partial charge is 0.310 e. The molecular weight excluding hydrogens is 761 g/mol. The van der Waals surface area contributed by atoms with Gasteiger partial charge in [0.05, 0.1) is 5.69 Å². The van der Waals surface area contributed by atoms with Gasteiger partial charge in [-0.05, 0) is 153 Å². The van der Waals surface area contributed by atoms with Gasteiger partial charge in [-0.2, -0.15) is 0 Å². The lowest BCUT2D eigenvalue weighted by atomic mass is 9.49. The van der Waals surface area contributed by atoms with Gasteiger partial charge < -0.3 is 9.80 Å². The van der Waals surface area contributed by atoms with Crippen LogP contribution < -0.4 is 9.80 Å². The predicted octanol–water partition coefficient (Wildman–Crippen LogP) is 17.7. The van der Waals surface area contributed by atoms with Crippen LogP contribution in [0.2, 0.25) is 0 Å². The van der Waals surface area contributed by atoms with E-state index in [1.165, 1.54) is 93.9 Å². The highest BCUT2D eigenvalue weighted by Crippen LogP contribution is 2.69. The van der Waals surface area contributed by atoms with Crippen LogP contribution >= 0.6 is 0 Å². The summed E-state index contributed by atoms with van der Waals surface area (Å²) in [4.78, 5) is 4.96. The van der Waals surface area contributed by atoms with Crippen molar-refractivity contribution in [2.45, 2.75) is 74.7 Å². The molecule has 0 amide bonds. The Bertz CT molecular complexity index is 3220. The van der Waals surface area contributed by atoms with Crippen molar-refractivity contribution in [2.24, 2.45) is 10.8 Å². The fraction of sp³-hybridized carbons (Fsp3) is 0.213. The fourth-order valence-corrected chi connectivity index (χ4v) is 12.0. The molecular formula is C61H58N2. The zero-order chi connectivity index (χ0) is 44.0. The van der Waals surface area contributed by atoms with E-state index in [4.69, 9.17) is 0 Å². The van der Waals surface area contributed by atoms with E-state index in [1.54, 1.807) is 0 Å². The van der Waals surface area contributed by atoms with Gasteiger partial charge in [0.1, 0.15) is 0 Å². The SMILES string of the molecule is Cc1ccc(N(c2ccccc2)c2ccc3c4c(c5ccccc5c3c2)-c2c(cc(N(c3ccccc3)c3ccc(C)cc3C)c3ccccc23)C4(C(C)(C)C)C(C)(C)C)c(C)c1. The monoisotopic (exact) mass is 818 g/mol. The van der Waals surface area contributed by atoms with Crippen LogP contribution in [0.15, 0.2) is 170 Å². The molecule has 2 nitrogen and oxygen atoms in total.